The van der Waals surface area contributed by atoms with E-state index in [4.69, 9.17) is 0 Å². The van der Waals surface area contributed by atoms with Crippen LogP contribution in [-0.4, -0.2) is 0 Å². The van der Waals surface area contributed by atoms with Gasteiger partial charge in [0.15, 0.2) is 0 Å². The van der Waals surface area contributed by atoms with Crippen LogP contribution in [0.5, 0.6) is 0 Å². The van der Waals surface area contributed by atoms with E-state index in [-0.39, 0.29) is 10.8 Å². The fourth-order valence-electron chi connectivity index (χ4n) is 4.22. The fraction of sp³-hybridized carbons (Fsp3) is 0.419. The van der Waals surface area contributed by atoms with Crippen LogP contribution in [0.3, 0.4) is 0 Å². The van der Waals surface area contributed by atoms with Gasteiger partial charge in [-0.2, -0.15) is 0 Å². The molecule has 0 nitrogen and oxygen atoms in total. The molecule has 0 N–H and O–H groups in total. The zero-order valence-electron chi connectivity index (χ0n) is 22.1. The molecule has 0 bridgehead atoms. The summed E-state index contributed by atoms with van der Waals surface area (Å²) in [5, 5.41) is 0. The topological polar surface area (TPSA) is 0 Å². The molecular formula is C31H50. The van der Waals surface area contributed by atoms with Gasteiger partial charge in [0.25, 0.3) is 0 Å². The lowest BCUT2D eigenvalue weighted by Gasteiger charge is -2.36. The van der Waals surface area contributed by atoms with Crippen LogP contribution in [-0.2, 0) is 0 Å². The van der Waals surface area contributed by atoms with E-state index >= 15 is 0 Å². The summed E-state index contributed by atoms with van der Waals surface area (Å²) >= 11 is 0. The van der Waals surface area contributed by atoms with Gasteiger partial charge in [-0.3, -0.25) is 0 Å². The number of hydrogen-bond acceptors (Lipinski definition) is 0. The summed E-state index contributed by atoms with van der Waals surface area (Å²) in [6.07, 6.45) is 21.2. The summed E-state index contributed by atoms with van der Waals surface area (Å²) in [5.41, 5.74) is 5.11. The molecule has 0 fully saturated rings. The number of hydrogen-bond donors (Lipinski definition) is 0. The van der Waals surface area contributed by atoms with Crippen LogP contribution in [0.4, 0.5) is 0 Å². The van der Waals surface area contributed by atoms with Crippen LogP contribution in [0, 0.1) is 10.8 Å². The van der Waals surface area contributed by atoms with Gasteiger partial charge in [0, 0.05) is 5.41 Å². The smallest absolute Gasteiger partial charge is 0.0459 e. The van der Waals surface area contributed by atoms with Crippen LogP contribution < -0.4 is 0 Å². The lowest BCUT2D eigenvalue weighted by atomic mass is 9.66. The Morgan fingerprint density at radius 3 is 1.77 bits per heavy atom. The molecule has 0 aromatic carbocycles. The van der Waals surface area contributed by atoms with Crippen molar-refractivity contribution in [2.45, 2.75) is 75.2 Å². The summed E-state index contributed by atoms with van der Waals surface area (Å²) in [5.74, 6) is 0. The highest BCUT2D eigenvalue weighted by Gasteiger charge is 2.50. The molecule has 1 atom stereocenters. The van der Waals surface area contributed by atoms with Gasteiger partial charge in [0.05, 0.1) is 0 Å². The zero-order valence-corrected chi connectivity index (χ0v) is 22.1. The monoisotopic (exact) mass is 422 g/mol. The molecule has 2 aliphatic carbocycles. The van der Waals surface area contributed by atoms with Gasteiger partial charge in [-0.25, -0.2) is 0 Å². The molecule has 0 aromatic heterocycles. The van der Waals surface area contributed by atoms with Gasteiger partial charge >= 0.3 is 0 Å². The molecule has 174 valence electrons. The zero-order chi connectivity index (χ0) is 25.1. The molecule has 0 saturated carbocycles. The van der Waals surface area contributed by atoms with Crippen molar-refractivity contribution in [1.29, 1.82) is 0 Å². The van der Waals surface area contributed by atoms with Gasteiger partial charge in [0.1, 0.15) is 0 Å². The Morgan fingerprint density at radius 2 is 1.42 bits per heavy atom. The van der Waals surface area contributed by atoms with E-state index in [1.165, 1.54) is 22.3 Å². The first-order valence-corrected chi connectivity index (χ1v) is 11.8. The lowest BCUT2D eigenvalue weighted by molar-refractivity contribution is 0.362. The van der Waals surface area contributed by atoms with Gasteiger partial charge in [0.2, 0.25) is 0 Å². The summed E-state index contributed by atoms with van der Waals surface area (Å²) in [4.78, 5) is 0. The molecular weight excluding hydrogens is 372 g/mol. The average Bonchev–Trinajstić information content (AvgIpc) is 3.43. The maximum atomic E-state index is 4.14. The molecule has 0 heterocycles. The average molecular weight is 423 g/mol. The molecule has 1 unspecified atom stereocenters. The minimum atomic E-state index is -0.164. The molecule has 2 rings (SSSR count). The molecule has 0 radical (unpaired) electrons. The standard InChI is InChI=1S/C23H28.3C2H6.C2H4/c1-7-13-18(14-8-2)23(19-15-11-12-16-19)17-22(5,6)20(9-3)21(23)10-4;4*1-2/h7-11,13-16H,1,3-4,12,17H2,2,5-6H3;3*1-2H3;1-2H2/b14-8-,18-13+;;;;. The molecule has 0 spiro atoms. The Hall–Kier alpha value is -2.34. The van der Waals surface area contributed by atoms with Crippen molar-refractivity contribution in [1.82, 2.24) is 0 Å². The third-order valence-electron chi connectivity index (χ3n) is 4.99. The predicted molar refractivity (Wildman–Crippen MR) is 148 cm³/mol. The van der Waals surface area contributed by atoms with Crippen molar-refractivity contribution in [3.05, 3.63) is 110 Å². The number of allylic oxidation sites excluding steroid dienone is 13. The predicted octanol–water partition coefficient (Wildman–Crippen LogP) is 10.5. The second-order valence-electron chi connectivity index (χ2n) is 6.86. The molecule has 0 saturated heterocycles. The minimum absolute atomic E-state index is 0.0599. The highest BCUT2D eigenvalue weighted by molar-refractivity contribution is 5.61. The van der Waals surface area contributed by atoms with Crippen LogP contribution >= 0.6 is 0 Å². The van der Waals surface area contributed by atoms with Crippen molar-refractivity contribution >= 4 is 0 Å². The maximum Gasteiger partial charge on any atom is 0.0459 e. The molecule has 31 heavy (non-hydrogen) atoms. The van der Waals surface area contributed by atoms with Crippen LogP contribution in [0.1, 0.15) is 75.2 Å². The third-order valence-corrected chi connectivity index (χ3v) is 4.99. The Balaban J connectivity index is -0.000000879. The Bertz CT molecular complexity index is 686. The van der Waals surface area contributed by atoms with Crippen molar-refractivity contribution in [2.75, 3.05) is 0 Å². The van der Waals surface area contributed by atoms with E-state index in [0.29, 0.717) is 0 Å². The molecule has 0 aliphatic heterocycles. The van der Waals surface area contributed by atoms with Crippen LogP contribution in [0.2, 0.25) is 0 Å². The third kappa shape index (κ3) is 7.69. The van der Waals surface area contributed by atoms with Crippen molar-refractivity contribution < 1.29 is 0 Å². The van der Waals surface area contributed by atoms with E-state index in [0.717, 1.165) is 12.8 Å². The normalized spacial score (nSPS) is 20.5. The fourth-order valence-corrected chi connectivity index (χ4v) is 4.22. The van der Waals surface area contributed by atoms with E-state index in [9.17, 15) is 0 Å². The van der Waals surface area contributed by atoms with Crippen molar-refractivity contribution in [3.8, 4) is 0 Å². The minimum Gasteiger partial charge on any atom is -0.106 e. The van der Waals surface area contributed by atoms with Gasteiger partial charge < -0.3 is 0 Å². The summed E-state index contributed by atoms with van der Waals surface area (Å²) < 4.78 is 0. The van der Waals surface area contributed by atoms with Gasteiger partial charge in [-0.15, -0.1) is 13.2 Å². The van der Waals surface area contributed by atoms with E-state index in [2.05, 4.69) is 90.1 Å². The highest BCUT2D eigenvalue weighted by Crippen LogP contribution is 2.61. The first-order chi connectivity index (χ1) is 15.0. The first-order valence-electron chi connectivity index (χ1n) is 11.8. The Labute approximate surface area is 195 Å². The molecule has 0 heteroatoms. The van der Waals surface area contributed by atoms with Crippen LogP contribution in [0.25, 0.3) is 0 Å². The largest absolute Gasteiger partial charge is 0.106 e. The summed E-state index contributed by atoms with van der Waals surface area (Å²) in [6.45, 7) is 36.8. The van der Waals surface area contributed by atoms with E-state index in [1.54, 1.807) is 0 Å². The second-order valence-corrected chi connectivity index (χ2v) is 6.86. The highest BCUT2D eigenvalue weighted by atomic mass is 14.5. The van der Waals surface area contributed by atoms with Gasteiger partial charge in [-0.1, -0.05) is 130 Å². The molecule has 0 aromatic rings. The molecule has 0 amide bonds. The van der Waals surface area contributed by atoms with Crippen molar-refractivity contribution in [2.24, 2.45) is 10.8 Å². The number of rotatable bonds is 6. The van der Waals surface area contributed by atoms with Crippen molar-refractivity contribution in [3.63, 3.8) is 0 Å². The Morgan fingerprint density at radius 1 is 0.903 bits per heavy atom. The quantitative estimate of drug-likeness (QED) is 0.295. The first kappa shape index (κ1) is 33.3. The summed E-state index contributed by atoms with van der Waals surface area (Å²) in [7, 11) is 0. The Kier molecular flexibility index (Phi) is 19.8. The molecule has 2 aliphatic rings. The maximum absolute atomic E-state index is 4.14. The van der Waals surface area contributed by atoms with Crippen LogP contribution in [0.15, 0.2) is 110 Å². The van der Waals surface area contributed by atoms with E-state index in [1.807, 2.05) is 59.8 Å². The summed E-state index contributed by atoms with van der Waals surface area (Å²) in [6, 6.07) is 0. The SMILES string of the molecule is C=C.C=C/C=C(\C=C/C)C1(C2=CCC=C2)CC(C)(C)C(C=C)=C1C=C.CC.CC.CC. The lowest BCUT2D eigenvalue weighted by Crippen LogP contribution is -2.26. The van der Waals surface area contributed by atoms with Gasteiger partial charge in [-0.05, 0) is 47.5 Å². The van der Waals surface area contributed by atoms with E-state index < -0.39 is 0 Å². The second kappa shape index (κ2) is 18.4.